The van der Waals surface area contributed by atoms with Crippen LogP contribution in [0.4, 0.5) is 0 Å². The maximum Gasteiger partial charge on any atom is 0.338 e. The highest BCUT2D eigenvalue weighted by molar-refractivity contribution is 5.93. The van der Waals surface area contributed by atoms with Crippen LogP contribution >= 0.6 is 0 Å². The van der Waals surface area contributed by atoms with Gasteiger partial charge in [-0.2, -0.15) is 0 Å². The number of methoxy groups -OCH3 is 21. The van der Waals surface area contributed by atoms with Gasteiger partial charge in [-0.15, -0.1) is 0 Å². The Hall–Kier alpha value is -3.20. The van der Waals surface area contributed by atoms with Crippen molar-refractivity contribution in [3.05, 3.63) is 35.4 Å². The summed E-state index contributed by atoms with van der Waals surface area (Å²) in [6.07, 6.45) is -39.3. The van der Waals surface area contributed by atoms with Crippen molar-refractivity contribution in [1.82, 2.24) is 0 Å². The van der Waals surface area contributed by atoms with E-state index < -0.39 is 233 Å². The molecule has 628 valence electrons. The second-order valence-corrected chi connectivity index (χ2v) is 26.7. The predicted octanol–water partition coefficient (Wildman–Crippen LogP) is -0.497. The third-order valence-electron chi connectivity index (χ3n) is 20.9. The Kier molecular flexibility index (Phi) is 35.9. The molecule has 22 rings (SSSR count). The number of carbonyl (C=O) groups excluding carboxylic acids is 2. The smallest absolute Gasteiger partial charge is 0.338 e. The fourth-order valence-corrected chi connectivity index (χ4v) is 15.8. The molecule has 21 saturated heterocycles. The van der Waals surface area contributed by atoms with Crippen molar-refractivity contribution < 1.29 is 180 Å². The van der Waals surface area contributed by atoms with Crippen molar-refractivity contribution in [1.29, 1.82) is 0 Å². The van der Waals surface area contributed by atoms with Gasteiger partial charge in [-0.25, -0.2) is 9.59 Å². The topological polar surface area (TPSA) is 366 Å². The molecule has 0 unspecified atom stereocenters. The van der Waals surface area contributed by atoms with E-state index in [4.69, 9.17) is 171 Å². The monoisotopic (exact) mass is 1580 g/mol. The maximum absolute atomic E-state index is 14.2. The summed E-state index contributed by atoms with van der Waals surface area (Å²) in [6.45, 7) is -1.08. The molecule has 0 radical (unpaired) electrons. The van der Waals surface area contributed by atoms with Crippen LogP contribution in [0.2, 0.25) is 0 Å². The lowest BCUT2D eigenvalue weighted by Crippen LogP contribution is -2.69. The van der Waals surface area contributed by atoms with Gasteiger partial charge in [0, 0.05) is 142 Å². The molecule has 0 N–H and O–H groups in total. The summed E-state index contributed by atoms with van der Waals surface area (Å²) < 4.78 is 232. The predicted molar refractivity (Wildman–Crippen MR) is 365 cm³/mol. The van der Waals surface area contributed by atoms with Gasteiger partial charge in [-0.05, 0) is 24.3 Å². The minimum Gasteiger partial charge on any atom is -0.465 e. The molecule has 0 spiro atoms. The Morgan fingerprint density at radius 1 is 0.220 bits per heavy atom. The van der Waals surface area contributed by atoms with E-state index in [1.165, 1.54) is 174 Å². The normalized spacial score (nSPS) is 42.4. The van der Waals surface area contributed by atoms with Crippen LogP contribution in [-0.4, -0.2) is 422 Å². The zero-order valence-electron chi connectivity index (χ0n) is 66.0. The molecule has 35 atom stereocenters. The second-order valence-electron chi connectivity index (χ2n) is 26.7. The van der Waals surface area contributed by atoms with Gasteiger partial charge in [-0.1, -0.05) is 0 Å². The lowest BCUT2D eigenvalue weighted by Gasteiger charge is -2.52. The molecule has 38 nitrogen and oxygen atoms in total. The van der Waals surface area contributed by atoms with E-state index >= 15 is 0 Å². The number of esters is 2. The van der Waals surface area contributed by atoms with Crippen molar-refractivity contribution in [3.63, 3.8) is 0 Å². The van der Waals surface area contributed by atoms with Crippen LogP contribution in [0.15, 0.2) is 24.3 Å². The van der Waals surface area contributed by atoms with E-state index in [0.29, 0.717) is 0 Å². The number of carbonyl (C=O) groups is 2. The van der Waals surface area contributed by atoms with Crippen molar-refractivity contribution in [2.24, 2.45) is 0 Å². The summed E-state index contributed by atoms with van der Waals surface area (Å²) in [5.74, 6) is -1.41. The molecule has 21 heterocycles. The van der Waals surface area contributed by atoms with Crippen LogP contribution in [0.25, 0.3) is 0 Å². The quantitative estimate of drug-likeness (QED) is 0.0877. The lowest BCUT2D eigenvalue weighted by atomic mass is 9.94. The Morgan fingerprint density at radius 2 is 0.376 bits per heavy atom. The largest absolute Gasteiger partial charge is 0.465 e. The van der Waals surface area contributed by atoms with Gasteiger partial charge < -0.3 is 171 Å². The molecule has 14 bridgehead atoms. The Labute approximate surface area is 636 Å². The molecule has 21 fully saturated rings. The van der Waals surface area contributed by atoms with Gasteiger partial charge in [0.1, 0.15) is 178 Å². The van der Waals surface area contributed by atoms with Crippen molar-refractivity contribution in [2.45, 2.75) is 215 Å². The summed E-state index contributed by atoms with van der Waals surface area (Å²) in [5.41, 5.74) is 0.281. The first kappa shape index (κ1) is 89.7. The first-order valence-corrected chi connectivity index (χ1v) is 35.8. The van der Waals surface area contributed by atoms with Crippen LogP contribution in [0, 0.1) is 0 Å². The number of rotatable bonds is 30. The first-order chi connectivity index (χ1) is 53.0. The van der Waals surface area contributed by atoms with Crippen molar-refractivity contribution in [3.8, 4) is 0 Å². The third-order valence-corrected chi connectivity index (χ3v) is 20.9. The van der Waals surface area contributed by atoms with Gasteiger partial charge in [0.05, 0.1) is 57.9 Å². The molecule has 1 aromatic rings. The van der Waals surface area contributed by atoms with E-state index in [-0.39, 0.29) is 50.8 Å². The van der Waals surface area contributed by atoms with E-state index in [2.05, 4.69) is 0 Å². The zero-order valence-corrected chi connectivity index (χ0v) is 66.0. The van der Waals surface area contributed by atoms with E-state index in [0.717, 1.165) is 0 Å². The molecule has 0 aliphatic carbocycles. The fourth-order valence-electron chi connectivity index (χ4n) is 15.8. The third kappa shape index (κ3) is 19.9. The summed E-state index contributed by atoms with van der Waals surface area (Å²) in [6, 6.07) is 5.69. The van der Waals surface area contributed by atoms with Crippen molar-refractivity contribution >= 4 is 11.9 Å². The highest BCUT2D eigenvalue weighted by Crippen LogP contribution is 2.43. The van der Waals surface area contributed by atoms with Gasteiger partial charge in [0.25, 0.3) is 0 Å². The standard InChI is InChI=1S/C71H116O38/c1-74-26-35-42-49(80-7)57(88-15)66(97-35)105-44-37(28-76-3)99-68(59(90-17)51(44)82-9)107-46-39(30-78-5)101-70(61(92-19)53(46)84-11)109-48-41(32-95-64(73)34-24-22-33(23-25-34)63(72)94-21)102-71(62(93-20)55(48)86-13)108-47-40(31-79-6)100-69(60(91-18)54(47)85-12)106-45-38(29-77-4)98-67(58(89-16)52(45)83-10)104-43-36(27-75-2)96-65(103-42)56(87-14)50(43)81-8/h22-25,35-62,65-71H,26-32H2,1-21H3/t35-,36-,37-,38-,39-,40-,41-,42-,43-,44-,45-,46-,47-,48-,49+,50+,51+,52+,53+,54+,55+,56-,57-,58-,59+,60-,61+,62-,65-,66-,67-,68-,69-,70-,71-/m1/s1. The van der Waals surface area contributed by atoms with Gasteiger partial charge in [0.15, 0.2) is 44.0 Å². The zero-order chi connectivity index (χ0) is 78.8. The summed E-state index contributed by atoms with van der Waals surface area (Å²) in [5, 5.41) is 0. The van der Waals surface area contributed by atoms with Crippen LogP contribution in [0.5, 0.6) is 0 Å². The minimum atomic E-state index is -1.43. The van der Waals surface area contributed by atoms with Crippen LogP contribution in [0.3, 0.4) is 0 Å². The maximum atomic E-state index is 14.2. The minimum absolute atomic E-state index is 0.0664. The Balaban J connectivity index is 1.16. The molecule has 21 aliphatic heterocycles. The lowest BCUT2D eigenvalue weighted by molar-refractivity contribution is -0.402. The summed E-state index contributed by atoms with van der Waals surface area (Å²) in [7, 11) is 30.8. The number of hydrogen-bond donors (Lipinski definition) is 0. The molecule has 0 amide bonds. The van der Waals surface area contributed by atoms with Crippen LogP contribution in [-0.2, 0) is 171 Å². The Bertz CT molecular complexity index is 2770. The first-order valence-electron chi connectivity index (χ1n) is 35.8. The van der Waals surface area contributed by atoms with Gasteiger partial charge >= 0.3 is 11.9 Å². The van der Waals surface area contributed by atoms with E-state index in [1.807, 2.05) is 0 Å². The van der Waals surface area contributed by atoms with E-state index in [1.54, 1.807) is 0 Å². The van der Waals surface area contributed by atoms with Crippen LogP contribution in [0.1, 0.15) is 20.7 Å². The highest BCUT2D eigenvalue weighted by Gasteiger charge is 2.62. The number of ether oxygens (including phenoxy) is 36. The van der Waals surface area contributed by atoms with Crippen molar-refractivity contribution in [2.75, 3.05) is 196 Å². The molecule has 1 aromatic carbocycles. The van der Waals surface area contributed by atoms with Crippen LogP contribution < -0.4 is 0 Å². The molecule has 109 heavy (non-hydrogen) atoms. The molecule has 0 saturated carbocycles. The molecular weight excluding hydrogens is 1460 g/mol. The number of benzene rings is 1. The molecule has 38 heteroatoms. The highest BCUT2D eigenvalue weighted by atomic mass is 16.8. The number of hydrogen-bond acceptors (Lipinski definition) is 38. The molecular formula is C71H116O38. The second kappa shape index (κ2) is 43.7. The van der Waals surface area contributed by atoms with Gasteiger partial charge in [0.2, 0.25) is 0 Å². The SMILES string of the molecule is COC[C@H]1O[C@@H]2O[C@H]3[C@H](OC)[C@@H](OC)[C@@H](O[C@H]4[C@H](OC)[C@@H](OC)[C@@H](O[C@H]5[C@H](OC)[C@@H](OC)[C@@H](O[C@H]6[C@H](OC)[C@@H](OC)[C@@H](O[C@H]7[C@H](OC)[C@@H](OC)[C@@H](O[C@H]8[C@H](OC)[C@H](OC)[C@@H](O[C@H]1[C@H](OC)[C@@H]2OC)O[C@@H]8COC)O[C@@H]7COC)O[C@@H]6COC)O[C@@H]5COC)O[C@@H]4COC)O[C@@H]3COC(=O)c1ccc(C(=O)OC)cc1. The fraction of sp³-hybridized carbons (Fsp3) is 0.887. The summed E-state index contributed by atoms with van der Waals surface area (Å²) in [4.78, 5) is 26.6. The summed E-state index contributed by atoms with van der Waals surface area (Å²) >= 11 is 0. The molecule has 0 aromatic heterocycles. The van der Waals surface area contributed by atoms with Gasteiger partial charge in [-0.3, -0.25) is 0 Å². The Morgan fingerprint density at radius 3 is 0.523 bits per heavy atom. The molecule has 21 aliphatic rings. The average molecular weight is 1580 g/mol. The van der Waals surface area contributed by atoms with E-state index in [9.17, 15) is 9.59 Å². The average Bonchev–Trinajstić information content (AvgIpc) is 0.778.